The van der Waals surface area contributed by atoms with Crippen molar-refractivity contribution in [3.05, 3.63) is 60.5 Å². The van der Waals surface area contributed by atoms with Crippen LogP contribution in [0.5, 0.6) is 0 Å². The average Bonchev–Trinajstić information content (AvgIpc) is 3.52. The normalized spacial score (nSPS) is 20.8. The Morgan fingerprint density at radius 2 is 2.18 bits per heavy atom. The second-order valence-electron chi connectivity index (χ2n) is 8.39. The number of fused-ring (bicyclic) bond motifs is 1. The summed E-state index contributed by atoms with van der Waals surface area (Å²) in [6.07, 6.45) is 7.76. The SMILES string of the molecule is C=CCN1C(=O)[C@@](O)([C@@H](C)/C=C/CCn2cc(CCO)nn2)c2cc(N3CCOC3=O)ccc21. The van der Waals surface area contributed by atoms with E-state index in [0.29, 0.717) is 49.5 Å². The minimum absolute atomic E-state index is 0.0216. The molecule has 10 heteroatoms. The highest BCUT2D eigenvalue weighted by molar-refractivity contribution is 6.08. The van der Waals surface area contributed by atoms with Crippen LogP contribution in [-0.2, 0) is 28.1 Å². The fourth-order valence-corrected chi connectivity index (χ4v) is 4.36. The van der Waals surface area contributed by atoms with Crippen LogP contribution in [0, 0.1) is 5.92 Å². The van der Waals surface area contributed by atoms with Gasteiger partial charge in [0.05, 0.1) is 17.9 Å². The summed E-state index contributed by atoms with van der Waals surface area (Å²) in [7, 11) is 0. The third-order valence-electron chi connectivity index (χ3n) is 6.20. The number of anilines is 2. The molecule has 3 heterocycles. The molecule has 0 spiro atoms. The first-order valence-corrected chi connectivity index (χ1v) is 11.3. The van der Waals surface area contributed by atoms with E-state index in [2.05, 4.69) is 16.9 Å². The molecule has 180 valence electrons. The number of amides is 2. The number of rotatable bonds is 10. The van der Waals surface area contributed by atoms with Crippen molar-refractivity contribution >= 4 is 23.4 Å². The summed E-state index contributed by atoms with van der Waals surface area (Å²) in [5, 5.41) is 28.7. The zero-order chi connectivity index (χ0) is 24.3. The van der Waals surface area contributed by atoms with Crippen LogP contribution in [-0.4, -0.2) is 63.5 Å². The van der Waals surface area contributed by atoms with E-state index < -0.39 is 23.5 Å². The Morgan fingerprint density at radius 3 is 2.88 bits per heavy atom. The van der Waals surface area contributed by atoms with Gasteiger partial charge in [0, 0.05) is 49.5 Å². The molecule has 2 N–H and O–H groups in total. The van der Waals surface area contributed by atoms with Crippen molar-refractivity contribution in [2.75, 3.05) is 36.1 Å². The third-order valence-corrected chi connectivity index (χ3v) is 6.20. The lowest BCUT2D eigenvalue weighted by Gasteiger charge is -2.28. The highest BCUT2D eigenvalue weighted by Gasteiger charge is 2.52. The lowest BCUT2D eigenvalue weighted by atomic mass is 9.82. The average molecular weight is 468 g/mol. The van der Waals surface area contributed by atoms with Gasteiger partial charge in [0.2, 0.25) is 0 Å². The van der Waals surface area contributed by atoms with E-state index in [-0.39, 0.29) is 13.2 Å². The number of aromatic nitrogens is 3. The van der Waals surface area contributed by atoms with Gasteiger partial charge in [0.15, 0.2) is 5.60 Å². The van der Waals surface area contributed by atoms with Gasteiger partial charge in [-0.3, -0.25) is 14.4 Å². The Kier molecular flexibility index (Phi) is 6.80. The Bertz CT molecular complexity index is 1110. The van der Waals surface area contributed by atoms with Gasteiger partial charge < -0.3 is 19.8 Å². The first-order chi connectivity index (χ1) is 16.4. The van der Waals surface area contributed by atoms with Gasteiger partial charge in [0.25, 0.3) is 5.91 Å². The minimum Gasteiger partial charge on any atom is -0.447 e. The Labute approximate surface area is 197 Å². The van der Waals surface area contributed by atoms with E-state index in [1.54, 1.807) is 42.1 Å². The van der Waals surface area contributed by atoms with Crippen molar-refractivity contribution in [1.82, 2.24) is 15.0 Å². The van der Waals surface area contributed by atoms with Gasteiger partial charge in [-0.2, -0.15) is 0 Å². The van der Waals surface area contributed by atoms with Crippen molar-refractivity contribution < 1.29 is 24.5 Å². The number of aryl methyl sites for hydroxylation is 1. The maximum Gasteiger partial charge on any atom is 0.414 e. The molecule has 1 fully saturated rings. The third kappa shape index (κ3) is 4.22. The summed E-state index contributed by atoms with van der Waals surface area (Å²) in [6.45, 7) is 7.10. The summed E-state index contributed by atoms with van der Waals surface area (Å²) in [6, 6.07) is 5.20. The molecule has 2 amide bonds. The number of nitrogens with zero attached hydrogens (tertiary/aromatic N) is 5. The van der Waals surface area contributed by atoms with Crippen LogP contribution in [0.3, 0.4) is 0 Å². The van der Waals surface area contributed by atoms with E-state index in [1.807, 2.05) is 12.2 Å². The van der Waals surface area contributed by atoms with E-state index in [1.165, 1.54) is 9.80 Å². The van der Waals surface area contributed by atoms with E-state index in [4.69, 9.17) is 9.84 Å². The summed E-state index contributed by atoms with van der Waals surface area (Å²) < 4.78 is 6.73. The molecular weight excluding hydrogens is 438 g/mol. The predicted molar refractivity (Wildman–Crippen MR) is 125 cm³/mol. The van der Waals surface area contributed by atoms with Gasteiger partial charge in [-0.05, 0) is 24.6 Å². The lowest BCUT2D eigenvalue weighted by Crippen LogP contribution is -2.44. The lowest BCUT2D eigenvalue weighted by molar-refractivity contribution is -0.139. The fourth-order valence-electron chi connectivity index (χ4n) is 4.36. The van der Waals surface area contributed by atoms with Crippen molar-refractivity contribution in [2.45, 2.75) is 31.9 Å². The summed E-state index contributed by atoms with van der Waals surface area (Å²) >= 11 is 0. The number of allylic oxidation sites excluding steroid dienone is 1. The largest absolute Gasteiger partial charge is 0.447 e. The Morgan fingerprint density at radius 1 is 1.35 bits per heavy atom. The smallest absolute Gasteiger partial charge is 0.414 e. The molecule has 1 saturated heterocycles. The molecule has 0 unspecified atom stereocenters. The van der Waals surface area contributed by atoms with Gasteiger partial charge in [-0.25, -0.2) is 4.79 Å². The van der Waals surface area contributed by atoms with E-state index in [9.17, 15) is 14.7 Å². The topological polar surface area (TPSA) is 121 Å². The molecule has 1 aromatic heterocycles. The summed E-state index contributed by atoms with van der Waals surface area (Å²) in [4.78, 5) is 28.4. The molecule has 10 nitrogen and oxygen atoms in total. The number of aliphatic hydroxyl groups excluding tert-OH is 1. The number of carbonyl (C=O) groups is 2. The molecule has 2 atom stereocenters. The summed E-state index contributed by atoms with van der Waals surface area (Å²) in [5.74, 6) is -0.958. The van der Waals surface area contributed by atoms with Crippen molar-refractivity contribution in [3.63, 3.8) is 0 Å². The Balaban J connectivity index is 1.55. The first-order valence-electron chi connectivity index (χ1n) is 11.3. The van der Waals surface area contributed by atoms with Crippen LogP contribution in [0.4, 0.5) is 16.2 Å². The second kappa shape index (κ2) is 9.78. The van der Waals surface area contributed by atoms with Crippen LogP contribution < -0.4 is 9.80 Å². The van der Waals surface area contributed by atoms with Crippen molar-refractivity contribution in [1.29, 1.82) is 0 Å². The molecule has 0 radical (unpaired) electrons. The first kappa shape index (κ1) is 23.7. The highest BCUT2D eigenvalue weighted by atomic mass is 16.6. The van der Waals surface area contributed by atoms with Crippen molar-refractivity contribution in [3.8, 4) is 0 Å². The molecule has 0 aliphatic carbocycles. The number of carbonyl (C=O) groups excluding carboxylic acids is 2. The molecule has 0 saturated carbocycles. The van der Waals surface area contributed by atoms with Crippen LogP contribution in [0.15, 0.2) is 49.2 Å². The molecule has 1 aromatic carbocycles. The molecule has 34 heavy (non-hydrogen) atoms. The van der Waals surface area contributed by atoms with Gasteiger partial charge in [0.1, 0.15) is 6.61 Å². The summed E-state index contributed by atoms with van der Waals surface area (Å²) in [5.41, 5.74) is 0.577. The molecule has 2 aromatic rings. The predicted octanol–water partition coefficient (Wildman–Crippen LogP) is 1.77. The maximum atomic E-state index is 13.4. The zero-order valence-electron chi connectivity index (χ0n) is 19.1. The maximum absolute atomic E-state index is 13.4. The number of aliphatic hydroxyl groups is 2. The van der Waals surface area contributed by atoms with E-state index in [0.717, 1.165) is 5.69 Å². The highest BCUT2D eigenvalue weighted by Crippen LogP contribution is 2.46. The monoisotopic (exact) mass is 467 g/mol. The number of ether oxygens (including phenoxy) is 1. The molecule has 2 aliphatic rings. The van der Waals surface area contributed by atoms with Gasteiger partial charge in [-0.15, -0.1) is 11.7 Å². The number of hydrogen-bond acceptors (Lipinski definition) is 7. The number of hydrogen-bond donors (Lipinski definition) is 2. The van der Waals surface area contributed by atoms with E-state index >= 15 is 0 Å². The molecule has 0 bridgehead atoms. The van der Waals surface area contributed by atoms with Gasteiger partial charge >= 0.3 is 6.09 Å². The van der Waals surface area contributed by atoms with Crippen molar-refractivity contribution in [2.24, 2.45) is 5.92 Å². The van der Waals surface area contributed by atoms with Gasteiger partial charge in [-0.1, -0.05) is 30.4 Å². The van der Waals surface area contributed by atoms with Crippen LogP contribution in [0.25, 0.3) is 0 Å². The number of benzene rings is 1. The van der Waals surface area contributed by atoms with Crippen LogP contribution >= 0.6 is 0 Å². The minimum atomic E-state index is -1.78. The Hall–Kier alpha value is -3.50. The zero-order valence-corrected chi connectivity index (χ0v) is 19.1. The van der Waals surface area contributed by atoms with Crippen LogP contribution in [0.2, 0.25) is 0 Å². The fraction of sp³-hybridized carbons (Fsp3) is 0.417. The molecule has 2 aliphatic heterocycles. The second-order valence-corrected chi connectivity index (χ2v) is 8.39. The molecule has 4 rings (SSSR count). The van der Waals surface area contributed by atoms with Crippen LogP contribution in [0.1, 0.15) is 24.6 Å². The quantitative estimate of drug-likeness (QED) is 0.511. The standard InChI is InChI=1S/C24H29N5O5/c1-3-10-29-21-8-7-19(28-12-14-34-23(28)32)15-20(21)24(33,22(29)31)17(2)6-4-5-11-27-16-18(9-13-30)25-26-27/h3-4,6-8,15-17,30,33H,1,5,9-14H2,2H3/b6-4+/t17-,24+/m0/s1. The number of cyclic esters (lactones) is 1. The molecular formula is C24H29N5O5.